The summed E-state index contributed by atoms with van der Waals surface area (Å²) in [6.07, 6.45) is 3.77. The Labute approximate surface area is 188 Å². The van der Waals surface area contributed by atoms with Crippen LogP contribution in [0.2, 0.25) is 0 Å². The summed E-state index contributed by atoms with van der Waals surface area (Å²) in [7, 11) is 0. The molecule has 0 spiro atoms. The molecule has 32 heavy (non-hydrogen) atoms. The fourth-order valence-corrected chi connectivity index (χ4v) is 5.09. The first kappa shape index (κ1) is 20.6. The maximum absolute atomic E-state index is 12.7. The minimum absolute atomic E-state index is 0.126. The molecule has 1 aromatic heterocycles. The highest BCUT2D eigenvalue weighted by atomic mass is 16.2. The SMILES string of the molecule is CC(=O)c1ccn(C(=O)N2C[C@H]3CC(NCc4ccc(-c5ccccc5)cc4)C[C@H]3C2)n1. The Morgan fingerprint density at radius 1 is 0.938 bits per heavy atom. The third-order valence-corrected chi connectivity index (χ3v) is 6.82. The number of Topliss-reactive ketones (excluding diaryl/α,β-unsaturated/α-hetero) is 1. The van der Waals surface area contributed by atoms with Crippen molar-refractivity contribution in [3.63, 3.8) is 0 Å². The Morgan fingerprint density at radius 3 is 2.22 bits per heavy atom. The van der Waals surface area contributed by atoms with Gasteiger partial charge in [0.25, 0.3) is 0 Å². The van der Waals surface area contributed by atoms with Crippen LogP contribution in [-0.4, -0.2) is 45.6 Å². The van der Waals surface area contributed by atoms with E-state index in [1.54, 1.807) is 12.3 Å². The molecule has 2 fully saturated rings. The molecule has 1 aliphatic heterocycles. The van der Waals surface area contributed by atoms with Gasteiger partial charge in [-0.05, 0) is 47.4 Å². The van der Waals surface area contributed by atoms with Crippen LogP contribution in [0.1, 0.15) is 35.8 Å². The minimum atomic E-state index is -0.130. The van der Waals surface area contributed by atoms with Gasteiger partial charge in [0.2, 0.25) is 0 Å². The summed E-state index contributed by atoms with van der Waals surface area (Å²) in [4.78, 5) is 26.1. The van der Waals surface area contributed by atoms with Crippen molar-refractivity contribution in [2.45, 2.75) is 32.4 Å². The maximum atomic E-state index is 12.7. The number of aromatic nitrogens is 2. The zero-order valence-corrected chi connectivity index (χ0v) is 18.3. The largest absolute Gasteiger partial charge is 0.344 e. The summed E-state index contributed by atoms with van der Waals surface area (Å²) in [5, 5.41) is 7.83. The van der Waals surface area contributed by atoms with E-state index in [-0.39, 0.29) is 11.8 Å². The highest BCUT2D eigenvalue weighted by Gasteiger charge is 2.42. The van der Waals surface area contributed by atoms with Crippen LogP contribution in [0.3, 0.4) is 0 Å². The summed E-state index contributed by atoms with van der Waals surface area (Å²) in [5.41, 5.74) is 4.10. The zero-order chi connectivity index (χ0) is 22.1. The molecule has 2 heterocycles. The molecule has 3 atom stereocenters. The van der Waals surface area contributed by atoms with Gasteiger partial charge in [0.15, 0.2) is 5.78 Å². The number of carbonyl (C=O) groups excluding carboxylic acids is 2. The monoisotopic (exact) mass is 428 g/mol. The van der Waals surface area contributed by atoms with E-state index in [4.69, 9.17) is 0 Å². The van der Waals surface area contributed by atoms with Crippen molar-refractivity contribution in [1.29, 1.82) is 0 Å². The van der Waals surface area contributed by atoms with Gasteiger partial charge < -0.3 is 10.2 Å². The number of rotatable bonds is 5. The summed E-state index contributed by atoms with van der Waals surface area (Å²) in [6, 6.07) is 21.2. The molecule has 1 aliphatic carbocycles. The molecule has 0 bridgehead atoms. The van der Waals surface area contributed by atoms with Crippen molar-refractivity contribution in [2.24, 2.45) is 11.8 Å². The number of nitrogens with one attached hydrogen (secondary N) is 1. The molecule has 1 N–H and O–H groups in total. The molecular formula is C26H28N4O2. The average molecular weight is 429 g/mol. The molecule has 3 aromatic rings. The molecule has 2 aromatic carbocycles. The lowest BCUT2D eigenvalue weighted by molar-refractivity contribution is 0.101. The van der Waals surface area contributed by atoms with Crippen LogP contribution in [0.25, 0.3) is 11.1 Å². The Bertz CT molecular complexity index is 1090. The van der Waals surface area contributed by atoms with E-state index >= 15 is 0 Å². The smallest absolute Gasteiger partial charge is 0.322 e. The minimum Gasteiger partial charge on any atom is -0.322 e. The number of ketones is 1. The van der Waals surface area contributed by atoms with Gasteiger partial charge >= 0.3 is 6.03 Å². The van der Waals surface area contributed by atoms with Gasteiger partial charge in [0.05, 0.1) is 0 Å². The Morgan fingerprint density at radius 2 is 1.59 bits per heavy atom. The average Bonchev–Trinajstić information content (AvgIpc) is 3.53. The molecule has 2 aliphatic rings. The third-order valence-electron chi connectivity index (χ3n) is 6.82. The van der Waals surface area contributed by atoms with Crippen molar-refractivity contribution < 1.29 is 9.59 Å². The second kappa shape index (κ2) is 8.71. The van der Waals surface area contributed by atoms with Crippen molar-refractivity contribution in [2.75, 3.05) is 13.1 Å². The van der Waals surface area contributed by atoms with Crippen molar-refractivity contribution in [1.82, 2.24) is 20.0 Å². The molecule has 6 heteroatoms. The van der Waals surface area contributed by atoms with Crippen LogP contribution < -0.4 is 5.32 Å². The molecule has 1 amide bonds. The number of fused-ring (bicyclic) bond motifs is 1. The molecule has 6 nitrogen and oxygen atoms in total. The Hall–Kier alpha value is -3.25. The molecule has 164 valence electrons. The molecule has 0 radical (unpaired) electrons. The number of hydrogen-bond donors (Lipinski definition) is 1. The number of benzene rings is 2. The first-order valence-corrected chi connectivity index (χ1v) is 11.3. The van der Waals surface area contributed by atoms with Gasteiger partial charge in [-0.25, -0.2) is 4.79 Å². The topological polar surface area (TPSA) is 67.2 Å². The number of carbonyl (C=O) groups is 2. The first-order valence-electron chi connectivity index (χ1n) is 11.3. The van der Waals surface area contributed by atoms with Crippen LogP contribution in [0.5, 0.6) is 0 Å². The second-order valence-electron chi connectivity index (χ2n) is 9.02. The van der Waals surface area contributed by atoms with E-state index in [2.05, 4.69) is 58.9 Å². The fourth-order valence-electron chi connectivity index (χ4n) is 5.09. The second-order valence-corrected chi connectivity index (χ2v) is 9.02. The van der Waals surface area contributed by atoms with Gasteiger partial charge in [-0.2, -0.15) is 9.78 Å². The quantitative estimate of drug-likeness (QED) is 0.618. The maximum Gasteiger partial charge on any atom is 0.344 e. The first-order chi connectivity index (χ1) is 15.6. The Kier molecular flexibility index (Phi) is 5.62. The van der Waals surface area contributed by atoms with E-state index in [9.17, 15) is 9.59 Å². The number of hydrogen-bond acceptors (Lipinski definition) is 4. The fraction of sp³-hybridized carbons (Fsp3) is 0.346. The summed E-state index contributed by atoms with van der Waals surface area (Å²) in [5.74, 6) is 0.929. The predicted molar refractivity (Wildman–Crippen MR) is 123 cm³/mol. The van der Waals surface area contributed by atoms with Crippen molar-refractivity contribution in [3.05, 3.63) is 78.1 Å². The normalized spacial score (nSPS) is 22.2. The number of amides is 1. The number of likely N-dealkylation sites (tertiary alicyclic amines) is 1. The van der Waals surface area contributed by atoms with Gasteiger partial charge in [0, 0.05) is 38.8 Å². The highest BCUT2D eigenvalue weighted by molar-refractivity contribution is 5.92. The zero-order valence-electron chi connectivity index (χ0n) is 18.3. The van der Waals surface area contributed by atoms with E-state index in [0.29, 0.717) is 23.6 Å². The highest BCUT2D eigenvalue weighted by Crippen LogP contribution is 2.38. The molecule has 1 saturated heterocycles. The van der Waals surface area contributed by atoms with Crippen LogP contribution in [0, 0.1) is 11.8 Å². The van der Waals surface area contributed by atoms with Crippen LogP contribution >= 0.6 is 0 Å². The molecule has 1 unspecified atom stereocenters. The van der Waals surface area contributed by atoms with E-state index in [1.165, 1.54) is 28.3 Å². The van der Waals surface area contributed by atoms with Crippen LogP contribution in [-0.2, 0) is 6.54 Å². The molecule has 1 saturated carbocycles. The molecule has 5 rings (SSSR count). The summed E-state index contributed by atoms with van der Waals surface area (Å²) < 4.78 is 1.30. The van der Waals surface area contributed by atoms with E-state index in [1.807, 2.05) is 11.0 Å². The van der Waals surface area contributed by atoms with Crippen molar-refractivity contribution in [3.8, 4) is 11.1 Å². The molecular weight excluding hydrogens is 400 g/mol. The Balaban J connectivity index is 1.12. The number of nitrogens with zero attached hydrogens (tertiary/aromatic N) is 3. The lowest BCUT2D eigenvalue weighted by atomic mass is 10.0. The lowest BCUT2D eigenvalue weighted by Crippen LogP contribution is -2.35. The lowest BCUT2D eigenvalue weighted by Gasteiger charge is -2.19. The third kappa shape index (κ3) is 4.23. The van der Waals surface area contributed by atoms with E-state index in [0.717, 1.165) is 32.5 Å². The summed E-state index contributed by atoms with van der Waals surface area (Å²) >= 11 is 0. The predicted octanol–water partition coefficient (Wildman–Crippen LogP) is 4.22. The van der Waals surface area contributed by atoms with Crippen LogP contribution in [0.4, 0.5) is 4.79 Å². The van der Waals surface area contributed by atoms with E-state index < -0.39 is 0 Å². The van der Waals surface area contributed by atoms with Crippen LogP contribution in [0.15, 0.2) is 66.9 Å². The van der Waals surface area contributed by atoms with Crippen molar-refractivity contribution >= 4 is 11.8 Å². The standard InChI is InChI=1S/C26H28N4O2/c1-18(31)25-11-12-30(28-25)26(32)29-16-22-13-24(14-23(22)17-29)27-15-19-7-9-21(10-8-19)20-5-3-2-4-6-20/h2-12,22-24,27H,13-17H2,1H3/t22-,23+,24?. The van der Waals surface area contributed by atoms with Gasteiger partial charge in [-0.1, -0.05) is 54.6 Å². The van der Waals surface area contributed by atoms with Gasteiger partial charge in [0.1, 0.15) is 5.69 Å². The summed E-state index contributed by atoms with van der Waals surface area (Å²) in [6.45, 7) is 3.86. The van der Waals surface area contributed by atoms with Gasteiger partial charge in [-0.15, -0.1) is 0 Å². The van der Waals surface area contributed by atoms with Gasteiger partial charge in [-0.3, -0.25) is 4.79 Å².